The van der Waals surface area contributed by atoms with Crippen LogP contribution in [0.5, 0.6) is 0 Å². The SMILES string of the molecule is CC(=O)Nc1ccc2cc(S(=O)(=O)N(CCC(C)C)CC(=O)NO)ccc2c1. The number of rotatable bonds is 8. The van der Waals surface area contributed by atoms with Crippen LogP contribution in [0.15, 0.2) is 41.3 Å². The van der Waals surface area contributed by atoms with Gasteiger partial charge >= 0.3 is 0 Å². The van der Waals surface area contributed by atoms with Crippen LogP contribution in [0.25, 0.3) is 10.8 Å². The van der Waals surface area contributed by atoms with Gasteiger partial charge in [-0.15, -0.1) is 0 Å². The zero-order chi connectivity index (χ0) is 20.9. The van der Waals surface area contributed by atoms with Crippen molar-refractivity contribution < 1.29 is 23.2 Å². The Labute approximate surface area is 164 Å². The normalized spacial score (nSPS) is 11.8. The van der Waals surface area contributed by atoms with E-state index in [4.69, 9.17) is 5.21 Å². The number of hydrogen-bond acceptors (Lipinski definition) is 5. The van der Waals surface area contributed by atoms with Gasteiger partial charge in [0, 0.05) is 19.2 Å². The summed E-state index contributed by atoms with van der Waals surface area (Å²) in [5.41, 5.74) is 2.10. The largest absolute Gasteiger partial charge is 0.326 e. The molecule has 3 N–H and O–H groups in total. The summed E-state index contributed by atoms with van der Waals surface area (Å²) in [4.78, 5) is 22.8. The smallest absolute Gasteiger partial charge is 0.258 e. The number of benzene rings is 2. The number of nitrogens with zero attached hydrogens (tertiary/aromatic N) is 1. The first-order chi connectivity index (χ1) is 13.1. The number of hydrogen-bond donors (Lipinski definition) is 3. The van der Waals surface area contributed by atoms with Gasteiger partial charge in [-0.3, -0.25) is 14.8 Å². The highest BCUT2D eigenvalue weighted by atomic mass is 32.2. The van der Waals surface area contributed by atoms with E-state index in [-0.39, 0.29) is 23.3 Å². The number of sulfonamides is 1. The molecule has 0 bridgehead atoms. The van der Waals surface area contributed by atoms with Gasteiger partial charge in [0.15, 0.2) is 0 Å². The predicted octanol–water partition coefficient (Wildman–Crippen LogP) is 2.34. The Kier molecular flexibility index (Phi) is 7.11. The van der Waals surface area contributed by atoms with Gasteiger partial charge in [-0.1, -0.05) is 26.0 Å². The molecule has 2 amide bonds. The fraction of sp³-hybridized carbons (Fsp3) is 0.368. The van der Waals surface area contributed by atoms with Gasteiger partial charge in [-0.25, -0.2) is 13.9 Å². The average molecular weight is 407 g/mol. The van der Waals surface area contributed by atoms with Crippen molar-refractivity contribution in [1.82, 2.24) is 9.79 Å². The van der Waals surface area contributed by atoms with Crippen LogP contribution in [-0.4, -0.2) is 42.8 Å². The Morgan fingerprint density at radius 2 is 1.75 bits per heavy atom. The Bertz CT molecular complexity index is 973. The molecule has 0 saturated carbocycles. The van der Waals surface area contributed by atoms with Gasteiger partial charge in [0.25, 0.3) is 5.91 Å². The quantitative estimate of drug-likeness (QED) is 0.459. The van der Waals surface area contributed by atoms with E-state index in [9.17, 15) is 18.0 Å². The van der Waals surface area contributed by atoms with Crippen molar-refractivity contribution in [1.29, 1.82) is 0 Å². The van der Waals surface area contributed by atoms with E-state index in [1.54, 1.807) is 24.3 Å². The fourth-order valence-electron chi connectivity index (χ4n) is 2.70. The van der Waals surface area contributed by atoms with Crippen LogP contribution >= 0.6 is 0 Å². The molecule has 152 valence electrons. The molecule has 2 aromatic rings. The summed E-state index contributed by atoms with van der Waals surface area (Å²) in [6.07, 6.45) is 0.575. The Morgan fingerprint density at radius 3 is 2.36 bits per heavy atom. The molecule has 28 heavy (non-hydrogen) atoms. The molecule has 0 radical (unpaired) electrons. The number of nitrogens with one attached hydrogen (secondary N) is 2. The van der Waals surface area contributed by atoms with Crippen LogP contribution in [0, 0.1) is 5.92 Å². The van der Waals surface area contributed by atoms with E-state index in [2.05, 4.69) is 5.32 Å². The average Bonchev–Trinajstić information content (AvgIpc) is 2.63. The topological polar surface area (TPSA) is 116 Å². The Morgan fingerprint density at radius 1 is 1.11 bits per heavy atom. The highest BCUT2D eigenvalue weighted by Crippen LogP contribution is 2.25. The van der Waals surface area contributed by atoms with Crippen LogP contribution in [0.2, 0.25) is 0 Å². The molecule has 0 fully saturated rings. The Hall–Kier alpha value is -2.49. The maximum Gasteiger partial charge on any atom is 0.258 e. The molecule has 9 heteroatoms. The predicted molar refractivity (Wildman–Crippen MR) is 106 cm³/mol. The number of anilines is 1. The van der Waals surface area contributed by atoms with Gasteiger partial charge in [-0.2, -0.15) is 4.31 Å². The summed E-state index contributed by atoms with van der Waals surface area (Å²) in [5, 5.41) is 12.9. The molecule has 0 heterocycles. The zero-order valence-electron chi connectivity index (χ0n) is 16.1. The van der Waals surface area contributed by atoms with Crippen LogP contribution in [0.3, 0.4) is 0 Å². The highest BCUT2D eigenvalue weighted by molar-refractivity contribution is 7.89. The summed E-state index contributed by atoms with van der Waals surface area (Å²) >= 11 is 0. The summed E-state index contributed by atoms with van der Waals surface area (Å²) in [5.74, 6) is -0.742. The molecule has 0 unspecified atom stereocenters. The van der Waals surface area contributed by atoms with Crippen molar-refractivity contribution in [2.45, 2.75) is 32.1 Å². The van der Waals surface area contributed by atoms with Crippen molar-refractivity contribution in [3.63, 3.8) is 0 Å². The van der Waals surface area contributed by atoms with Crippen LogP contribution in [0.4, 0.5) is 5.69 Å². The summed E-state index contributed by atoms with van der Waals surface area (Å²) < 4.78 is 27.2. The lowest BCUT2D eigenvalue weighted by atomic mass is 10.1. The third-order valence-corrected chi connectivity index (χ3v) is 6.01. The van der Waals surface area contributed by atoms with E-state index >= 15 is 0 Å². The lowest BCUT2D eigenvalue weighted by Gasteiger charge is -2.22. The second-order valence-electron chi connectivity index (χ2n) is 6.96. The van der Waals surface area contributed by atoms with E-state index < -0.39 is 22.5 Å². The minimum absolute atomic E-state index is 0.0572. The maximum atomic E-state index is 13.1. The molecule has 0 aliphatic heterocycles. The number of hydroxylamine groups is 1. The van der Waals surface area contributed by atoms with Crippen LogP contribution < -0.4 is 10.8 Å². The highest BCUT2D eigenvalue weighted by Gasteiger charge is 2.26. The molecule has 0 aromatic heterocycles. The third-order valence-electron chi connectivity index (χ3n) is 4.17. The van der Waals surface area contributed by atoms with Crippen molar-refractivity contribution in [3.05, 3.63) is 36.4 Å². The van der Waals surface area contributed by atoms with E-state index in [0.29, 0.717) is 17.5 Å². The fourth-order valence-corrected chi connectivity index (χ4v) is 4.14. The van der Waals surface area contributed by atoms with Gasteiger partial charge in [0.2, 0.25) is 15.9 Å². The minimum Gasteiger partial charge on any atom is -0.326 e. The lowest BCUT2D eigenvalue weighted by molar-refractivity contribution is -0.129. The standard InChI is InChI=1S/C19H25N3O5S/c1-13(2)8-9-22(12-19(24)21-25)28(26,27)18-7-5-15-10-17(20-14(3)23)6-4-16(15)11-18/h4-7,10-11,13,25H,8-9,12H2,1-3H3,(H,20,23)(H,21,24). The maximum absolute atomic E-state index is 13.1. The van der Waals surface area contributed by atoms with Gasteiger partial charge in [0.05, 0.1) is 11.4 Å². The lowest BCUT2D eigenvalue weighted by Crippen LogP contribution is -2.40. The summed E-state index contributed by atoms with van der Waals surface area (Å²) in [6, 6.07) is 9.81. The molecule has 0 spiro atoms. The van der Waals surface area contributed by atoms with E-state index in [1.165, 1.54) is 24.5 Å². The summed E-state index contributed by atoms with van der Waals surface area (Å²) in [6.45, 7) is 5.02. The first-order valence-electron chi connectivity index (χ1n) is 8.88. The Balaban J connectivity index is 2.38. The van der Waals surface area contributed by atoms with Crippen molar-refractivity contribution in [2.24, 2.45) is 5.92 Å². The number of amides is 2. The first kappa shape index (κ1) is 21.8. The molecule has 0 aliphatic carbocycles. The third kappa shape index (κ3) is 5.51. The monoisotopic (exact) mass is 407 g/mol. The van der Waals surface area contributed by atoms with Gasteiger partial charge in [0.1, 0.15) is 0 Å². The molecule has 0 saturated heterocycles. The van der Waals surface area contributed by atoms with Crippen molar-refractivity contribution in [3.8, 4) is 0 Å². The van der Waals surface area contributed by atoms with Crippen LogP contribution in [0.1, 0.15) is 27.2 Å². The van der Waals surface area contributed by atoms with Crippen LogP contribution in [-0.2, 0) is 19.6 Å². The molecule has 2 aromatic carbocycles. The minimum atomic E-state index is -3.93. The van der Waals surface area contributed by atoms with Gasteiger partial charge < -0.3 is 5.32 Å². The molecule has 0 atom stereocenters. The second-order valence-corrected chi connectivity index (χ2v) is 8.90. The van der Waals surface area contributed by atoms with E-state index in [1.807, 2.05) is 13.8 Å². The van der Waals surface area contributed by atoms with Crippen molar-refractivity contribution >= 4 is 38.3 Å². The molecular weight excluding hydrogens is 382 g/mol. The molecule has 0 aliphatic rings. The first-order valence-corrected chi connectivity index (χ1v) is 10.3. The molecular formula is C19H25N3O5S. The molecule has 2 rings (SSSR count). The number of fused-ring (bicyclic) bond motifs is 1. The summed E-state index contributed by atoms with van der Waals surface area (Å²) in [7, 11) is -3.93. The second kappa shape index (κ2) is 9.13. The molecule has 8 nitrogen and oxygen atoms in total. The number of carbonyl (C=O) groups is 2. The number of carbonyl (C=O) groups excluding carboxylic acids is 2. The van der Waals surface area contributed by atoms with Crippen molar-refractivity contribution in [2.75, 3.05) is 18.4 Å². The zero-order valence-corrected chi connectivity index (χ0v) is 16.9. The van der Waals surface area contributed by atoms with Gasteiger partial charge in [-0.05, 0) is 47.4 Å². The van der Waals surface area contributed by atoms with E-state index in [0.717, 1.165) is 9.69 Å².